The van der Waals surface area contributed by atoms with Crippen LogP contribution in [0, 0.1) is 0 Å². The van der Waals surface area contributed by atoms with Gasteiger partial charge in [-0.25, -0.2) is 0 Å². The van der Waals surface area contributed by atoms with Crippen molar-refractivity contribution in [3.63, 3.8) is 0 Å². The minimum atomic E-state index is 0.380. The molecule has 0 aromatic carbocycles. The van der Waals surface area contributed by atoms with Crippen molar-refractivity contribution in [3.05, 3.63) is 0 Å². The van der Waals surface area contributed by atoms with Gasteiger partial charge in [0.1, 0.15) is 0 Å². The third kappa shape index (κ3) is 7.64. The molecule has 0 aliphatic carbocycles. The Balaban J connectivity index is 2.38. The lowest BCUT2D eigenvalue weighted by Crippen LogP contribution is -2.51. The van der Waals surface area contributed by atoms with Crippen LogP contribution in [0.3, 0.4) is 0 Å². The van der Waals surface area contributed by atoms with Gasteiger partial charge in [-0.3, -0.25) is 0 Å². The van der Waals surface area contributed by atoms with Gasteiger partial charge >= 0.3 is 0 Å². The molecule has 1 aliphatic heterocycles. The number of hydrogen-bond donors (Lipinski definition) is 2. The molecule has 2 heteroatoms. The van der Waals surface area contributed by atoms with E-state index in [4.69, 9.17) is 0 Å². The van der Waals surface area contributed by atoms with Gasteiger partial charge in [0.15, 0.2) is 0 Å². The zero-order valence-corrected chi connectivity index (χ0v) is 14.3. The highest BCUT2D eigenvalue weighted by molar-refractivity contribution is 4.88. The molecule has 0 aromatic heterocycles. The highest BCUT2D eigenvalue weighted by atomic mass is 15.0. The van der Waals surface area contributed by atoms with E-state index >= 15 is 0 Å². The third-order valence-electron chi connectivity index (χ3n) is 4.81. The zero-order valence-electron chi connectivity index (χ0n) is 14.3. The van der Waals surface area contributed by atoms with Gasteiger partial charge in [0, 0.05) is 11.6 Å². The van der Waals surface area contributed by atoms with Gasteiger partial charge in [0.25, 0.3) is 0 Å². The van der Waals surface area contributed by atoms with Crippen molar-refractivity contribution in [3.8, 4) is 0 Å². The van der Waals surface area contributed by atoms with Crippen LogP contribution < -0.4 is 10.6 Å². The first-order valence-corrected chi connectivity index (χ1v) is 9.18. The van der Waals surface area contributed by atoms with Crippen LogP contribution in [0.2, 0.25) is 0 Å². The normalized spacial score (nSPS) is 19.9. The molecule has 1 fully saturated rings. The standard InChI is InChI=1S/C18H38N2/c1-4-6-8-10-14-18(3,13-9-7-5-2)20-17-11-15-19-16-12-17/h17,19-20H,4-16H2,1-3H3. The molecule has 1 heterocycles. The molecule has 20 heavy (non-hydrogen) atoms. The van der Waals surface area contributed by atoms with E-state index in [1.165, 1.54) is 83.7 Å². The first-order chi connectivity index (χ1) is 9.70. The molecule has 0 aromatic rings. The quantitative estimate of drug-likeness (QED) is 0.540. The van der Waals surface area contributed by atoms with Gasteiger partial charge in [-0.2, -0.15) is 0 Å². The Morgan fingerprint density at radius 3 is 2.05 bits per heavy atom. The summed E-state index contributed by atoms with van der Waals surface area (Å²) in [5, 5.41) is 7.50. The summed E-state index contributed by atoms with van der Waals surface area (Å²) in [4.78, 5) is 0. The average molecular weight is 283 g/mol. The summed E-state index contributed by atoms with van der Waals surface area (Å²) in [7, 11) is 0. The summed E-state index contributed by atoms with van der Waals surface area (Å²) in [6.45, 7) is 9.47. The van der Waals surface area contributed by atoms with E-state index in [2.05, 4.69) is 31.4 Å². The minimum Gasteiger partial charge on any atom is -0.317 e. The van der Waals surface area contributed by atoms with E-state index in [1.807, 2.05) is 0 Å². The maximum absolute atomic E-state index is 4.03. The second kappa shape index (κ2) is 10.6. The molecule has 1 aliphatic rings. The van der Waals surface area contributed by atoms with Gasteiger partial charge in [0.2, 0.25) is 0 Å². The molecule has 0 bridgehead atoms. The SMILES string of the molecule is CCCCCCC(C)(CCCCC)NC1CCNCC1. The molecule has 2 nitrogen and oxygen atoms in total. The fourth-order valence-electron chi connectivity index (χ4n) is 3.44. The molecule has 1 rings (SSSR count). The van der Waals surface area contributed by atoms with Gasteiger partial charge in [-0.15, -0.1) is 0 Å². The fraction of sp³-hybridized carbons (Fsp3) is 1.00. The summed E-state index contributed by atoms with van der Waals surface area (Å²) < 4.78 is 0. The maximum atomic E-state index is 4.03. The summed E-state index contributed by atoms with van der Waals surface area (Å²) in [5.41, 5.74) is 0.380. The number of piperidine rings is 1. The van der Waals surface area contributed by atoms with Crippen LogP contribution in [0.25, 0.3) is 0 Å². The Labute approximate surface area is 127 Å². The Kier molecular flexibility index (Phi) is 9.54. The predicted octanol–water partition coefficient (Wildman–Crippen LogP) is 4.64. The first-order valence-electron chi connectivity index (χ1n) is 9.18. The fourth-order valence-corrected chi connectivity index (χ4v) is 3.44. The van der Waals surface area contributed by atoms with Crippen molar-refractivity contribution < 1.29 is 0 Å². The van der Waals surface area contributed by atoms with Crippen LogP contribution in [-0.2, 0) is 0 Å². The Hall–Kier alpha value is -0.0800. The summed E-state index contributed by atoms with van der Waals surface area (Å²) in [6, 6.07) is 0.744. The van der Waals surface area contributed by atoms with Crippen molar-refractivity contribution in [2.45, 2.75) is 103 Å². The molecular formula is C18H38N2. The lowest BCUT2D eigenvalue weighted by Gasteiger charge is -2.37. The number of nitrogens with one attached hydrogen (secondary N) is 2. The van der Waals surface area contributed by atoms with E-state index in [0.29, 0.717) is 5.54 Å². The molecule has 0 amide bonds. The number of hydrogen-bond acceptors (Lipinski definition) is 2. The topological polar surface area (TPSA) is 24.1 Å². The lowest BCUT2D eigenvalue weighted by molar-refractivity contribution is 0.231. The summed E-state index contributed by atoms with van der Waals surface area (Å²) >= 11 is 0. The summed E-state index contributed by atoms with van der Waals surface area (Å²) in [6.07, 6.45) is 15.0. The largest absolute Gasteiger partial charge is 0.317 e. The van der Waals surface area contributed by atoms with Crippen LogP contribution in [0.4, 0.5) is 0 Å². The molecule has 0 saturated carbocycles. The van der Waals surface area contributed by atoms with Crippen LogP contribution in [0.1, 0.15) is 91.4 Å². The van der Waals surface area contributed by atoms with Gasteiger partial charge in [-0.05, 0) is 45.7 Å². The predicted molar refractivity (Wildman–Crippen MR) is 90.3 cm³/mol. The van der Waals surface area contributed by atoms with Crippen molar-refractivity contribution in [1.82, 2.24) is 10.6 Å². The zero-order chi connectivity index (χ0) is 14.7. The van der Waals surface area contributed by atoms with E-state index in [-0.39, 0.29) is 0 Å². The van der Waals surface area contributed by atoms with Gasteiger partial charge < -0.3 is 10.6 Å². The first kappa shape index (κ1) is 18.0. The second-order valence-corrected chi connectivity index (χ2v) is 7.00. The maximum Gasteiger partial charge on any atom is 0.0155 e. The highest BCUT2D eigenvalue weighted by Crippen LogP contribution is 2.24. The lowest BCUT2D eigenvalue weighted by atomic mass is 9.86. The third-order valence-corrected chi connectivity index (χ3v) is 4.81. The summed E-state index contributed by atoms with van der Waals surface area (Å²) in [5.74, 6) is 0. The van der Waals surface area contributed by atoms with Crippen LogP contribution in [0.15, 0.2) is 0 Å². The van der Waals surface area contributed by atoms with Crippen molar-refractivity contribution in [2.24, 2.45) is 0 Å². The second-order valence-electron chi connectivity index (χ2n) is 7.00. The number of rotatable bonds is 11. The molecule has 1 atom stereocenters. The van der Waals surface area contributed by atoms with E-state index in [1.54, 1.807) is 0 Å². The van der Waals surface area contributed by atoms with E-state index in [9.17, 15) is 0 Å². The molecule has 0 radical (unpaired) electrons. The van der Waals surface area contributed by atoms with E-state index in [0.717, 1.165) is 6.04 Å². The van der Waals surface area contributed by atoms with Crippen molar-refractivity contribution >= 4 is 0 Å². The molecule has 0 spiro atoms. The van der Waals surface area contributed by atoms with Crippen LogP contribution >= 0.6 is 0 Å². The number of unbranched alkanes of at least 4 members (excludes halogenated alkanes) is 5. The molecule has 2 N–H and O–H groups in total. The van der Waals surface area contributed by atoms with E-state index < -0.39 is 0 Å². The average Bonchev–Trinajstić information content (AvgIpc) is 2.45. The molecule has 1 unspecified atom stereocenters. The Morgan fingerprint density at radius 1 is 0.900 bits per heavy atom. The van der Waals surface area contributed by atoms with Crippen LogP contribution in [0.5, 0.6) is 0 Å². The van der Waals surface area contributed by atoms with Gasteiger partial charge in [0.05, 0.1) is 0 Å². The molecule has 120 valence electrons. The minimum absolute atomic E-state index is 0.380. The molecular weight excluding hydrogens is 244 g/mol. The smallest absolute Gasteiger partial charge is 0.0155 e. The monoisotopic (exact) mass is 282 g/mol. The van der Waals surface area contributed by atoms with Crippen LogP contribution in [-0.4, -0.2) is 24.7 Å². The highest BCUT2D eigenvalue weighted by Gasteiger charge is 2.27. The van der Waals surface area contributed by atoms with Crippen molar-refractivity contribution in [1.29, 1.82) is 0 Å². The van der Waals surface area contributed by atoms with Crippen molar-refractivity contribution in [2.75, 3.05) is 13.1 Å². The Morgan fingerprint density at radius 2 is 1.45 bits per heavy atom. The van der Waals surface area contributed by atoms with Gasteiger partial charge in [-0.1, -0.05) is 58.8 Å². The Bertz CT molecular complexity index is 223. The molecule has 1 saturated heterocycles.